The largest absolute Gasteiger partial charge is 0.453 e. The number of thioether (sulfide) groups is 1. The second-order valence-corrected chi connectivity index (χ2v) is 9.21. The molecule has 6 unspecified atom stereocenters. The molecule has 4 heteroatoms. The van der Waals surface area contributed by atoms with E-state index in [2.05, 4.69) is 32.3 Å². The third-order valence-corrected chi connectivity index (χ3v) is 7.39. The van der Waals surface area contributed by atoms with Crippen molar-refractivity contribution >= 4 is 17.9 Å². The zero-order valence-corrected chi connectivity index (χ0v) is 16.3. The quantitative estimate of drug-likeness (QED) is 0.786. The topological polar surface area (TPSA) is 38.3 Å². The molecule has 0 bridgehead atoms. The molecule has 3 nitrogen and oxygen atoms in total. The van der Waals surface area contributed by atoms with Crippen LogP contribution in [0, 0.1) is 29.6 Å². The van der Waals surface area contributed by atoms with Crippen molar-refractivity contribution in [3.05, 3.63) is 0 Å². The zero-order chi connectivity index (χ0) is 17.0. The summed E-state index contributed by atoms with van der Waals surface area (Å²) in [6, 6.07) is 0.297. The van der Waals surface area contributed by atoms with Crippen molar-refractivity contribution in [3.8, 4) is 0 Å². The van der Waals surface area contributed by atoms with E-state index in [9.17, 15) is 4.79 Å². The molecule has 2 fully saturated rings. The van der Waals surface area contributed by atoms with Gasteiger partial charge in [-0.3, -0.25) is 0 Å². The number of hydrogen-bond donors (Lipinski definition) is 1. The molecule has 0 heterocycles. The minimum Gasteiger partial charge on any atom is -0.453 e. The van der Waals surface area contributed by atoms with E-state index < -0.39 is 0 Å². The fraction of sp³-hybridized carbons (Fsp3) is 0.947. The van der Waals surface area contributed by atoms with Crippen LogP contribution in [0.15, 0.2) is 0 Å². The highest BCUT2D eigenvalue weighted by atomic mass is 32.2. The first-order chi connectivity index (χ1) is 11.0. The molecule has 134 valence electrons. The Morgan fingerprint density at radius 1 is 1.13 bits per heavy atom. The van der Waals surface area contributed by atoms with Crippen molar-refractivity contribution in [2.24, 2.45) is 29.6 Å². The molecule has 23 heavy (non-hydrogen) atoms. The number of alkyl carbamates (subject to hydrolysis) is 1. The number of methoxy groups -OCH3 is 1. The van der Waals surface area contributed by atoms with E-state index in [0.717, 1.165) is 35.3 Å². The van der Waals surface area contributed by atoms with Gasteiger partial charge in [0.2, 0.25) is 0 Å². The maximum Gasteiger partial charge on any atom is 0.407 e. The molecule has 2 saturated carbocycles. The molecule has 0 aliphatic heterocycles. The summed E-state index contributed by atoms with van der Waals surface area (Å²) in [6.45, 7) is 7.14. The van der Waals surface area contributed by atoms with Gasteiger partial charge in [-0.25, -0.2) is 4.79 Å². The molecule has 6 atom stereocenters. The summed E-state index contributed by atoms with van der Waals surface area (Å²) in [5, 5.41) is 3.96. The smallest absolute Gasteiger partial charge is 0.407 e. The van der Waals surface area contributed by atoms with Crippen LogP contribution in [0.1, 0.15) is 59.3 Å². The normalized spacial score (nSPS) is 38.3. The Morgan fingerprint density at radius 3 is 2.48 bits per heavy atom. The number of hydrogen-bond acceptors (Lipinski definition) is 3. The second kappa shape index (κ2) is 8.64. The monoisotopic (exact) mass is 341 g/mol. The minimum absolute atomic E-state index is 0.257. The summed E-state index contributed by atoms with van der Waals surface area (Å²) in [5.41, 5.74) is 0. The number of ether oxygens (including phenoxy) is 1. The van der Waals surface area contributed by atoms with Crippen LogP contribution in [-0.4, -0.2) is 30.8 Å². The van der Waals surface area contributed by atoms with Gasteiger partial charge in [-0.1, -0.05) is 20.8 Å². The molecule has 0 saturated heterocycles. The van der Waals surface area contributed by atoms with Crippen LogP contribution in [0.3, 0.4) is 0 Å². The third-order valence-electron chi connectivity index (χ3n) is 6.30. The number of nitrogens with one attached hydrogen (secondary N) is 1. The van der Waals surface area contributed by atoms with Crippen LogP contribution in [0.4, 0.5) is 4.79 Å². The molecule has 1 N–H and O–H groups in total. The summed E-state index contributed by atoms with van der Waals surface area (Å²) >= 11 is 2.04. The van der Waals surface area contributed by atoms with Crippen LogP contribution >= 0.6 is 11.8 Å². The first-order valence-electron chi connectivity index (χ1n) is 9.33. The van der Waals surface area contributed by atoms with Crippen molar-refractivity contribution in [3.63, 3.8) is 0 Å². The van der Waals surface area contributed by atoms with Crippen molar-refractivity contribution in [2.75, 3.05) is 13.4 Å². The first-order valence-corrected chi connectivity index (χ1v) is 10.6. The molecule has 0 aromatic heterocycles. The highest BCUT2D eigenvalue weighted by Gasteiger charge is 2.42. The summed E-state index contributed by atoms with van der Waals surface area (Å²) < 4.78 is 4.88. The number of carbonyl (C=O) groups is 1. The van der Waals surface area contributed by atoms with Gasteiger partial charge in [0.1, 0.15) is 0 Å². The fourth-order valence-electron chi connectivity index (χ4n) is 5.01. The third kappa shape index (κ3) is 4.80. The minimum atomic E-state index is -0.257. The molecule has 2 rings (SSSR count). The highest BCUT2D eigenvalue weighted by Crippen LogP contribution is 2.47. The number of rotatable bonds is 4. The Bertz CT molecular complexity index is 388. The Morgan fingerprint density at radius 2 is 1.87 bits per heavy atom. The summed E-state index contributed by atoms with van der Waals surface area (Å²) in [6.07, 6.45) is 9.60. The molecule has 0 spiro atoms. The lowest BCUT2D eigenvalue weighted by molar-refractivity contribution is 0.0593. The van der Waals surface area contributed by atoms with E-state index in [-0.39, 0.29) is 6.09 Å². The van der Waals surface area contributed by atoms with Crippen LogP contribution in [0.25, 0.3) is 0 Å². The van der Waals surface area contributed by atoms with Gasteiger partial charge in [-0.2, -0.15) is 11.8 Å². The summed E-state index contributed by atoms with van der Waals surface area (Å²) in [4.78, 5) is 11.8. The van der Waals surface area contributed by atoms with E-state index in [1.165, 1.54) is 39.2 Å². The van der Waals surface area contributed by atoms with Gasteiger partial charge < -0.3 is 10.1 Å². The van der Waals surface area contributed by atoms with Gasteiger partial charge in [0.05, 0.1) is 7.11 Å². The Balaban J connectivity index is 2.17. The zero-order valence-electron chi connectivity index (χ0n) is 15.5. The van der Waals surface area contributed by atoms with Crippen LogP contribution < -0.4 is 5.32 Å². The fourth-order valence-corrected chi connectivity index (χ4v) is 5.80. The maximum atomic E-state index is 11.8. The lowest BCUT2D eigenvalue weighted by Crippen LogP contribution is -2.49. The average molecular weight is 342 g/mol. The van der Waals surface area contributed by atoms with Gasteiger partial charge in [-0.15, -0.1) is 0 Å². The van der Waals surface area contributed by atoms with Crippen molar-refractivity contribution < 1.29 is 9.53 Å². The molecule has 0 aromatic rings. The standard InChI is InChI=1S/C19H35NO2S/c1-12(2)15-8-7-14(23-5)11-16(15)17-10-13(3)6-9-18(17)20-19(21)22-4/h12-18H,6-11H2,1-5H3,(H,20,21). The van der Waals surface area contributed by atoms with Gasteiger partial charge in [0.15, 0.2) is 0 Å². The van der Waals surface area contributed by atoms with E-state index >= 15 is 0 Å². The molecular weight excluding hydrogens is 306 g/mol. The molecule has 0 aromatic carbocycles. The predicted octanol–water partition coefficient (Wildman–Crippen LogP) is 4.95. The second-order valence-electron chi connectivity index (χ2n) is 8.07. The summed E-state index contributed by atoms with van der Waals surface area (Å²) in [7, 11) is 1.47. The average Bonchev–Trinajstić information content (AvgIpc) is 2.55. The van der Waals surface area contributed by atoms with Crippen molar-refractivity contribution in [1.82, 2.24) is 5.32 Å². The van der Waals surface area contributed by atoms with Crippen LogP contribution in [0.2, 0.25) is 0 Å². The van der Waals surface area contributed by atoms with Gasteiger partial charge >= 0.3 is 6.09 Å². The molecule has 1 amide bonds. The van der Waals surface area contributed by atoms with E-state index in [0.29, 0.717) is 12.0 Å². The summed E-state index contributed by atoms with van der Waals surface area (Å²) in [5.74, 6) is 3.67. The van der Waals surface area contributed by atoms with Gasteiger partial charge in [0.25, 0.3) is 0 Å². The Hall–Kier alpha value is -0.380. The van der Waals surface area contributed by atoms with Gasteiger partial charge in [-0.05, 0) is 74.4 Å². The van der Waals surface area contributed by atoms with Crippen LogP contribution in [-0.2, 0) is 4.74 Å². The van der Waals surface area contributed by atoms with Crippen molar-refractivity contribution in [1.29, 1.82) is 0 Å². The first kappa shape index (κ1) is 19.0. The van der Waals surface area contributed by atoms with E-state index in [1.807, 2.05) is 11.8 Å². The SMILES string of the molecule is COC(=O)NC1CCC(C)CC1C1CC(SC)CCC1C(C)C. The van der Waals surface area contributed by atoms with E-state index in [1.54, 1.807) is 0 Å². The lowest BCUT2D eigenvalue weighted by atomic mass is 9.62. The Kier molecular flexibility index (Phi) is 7.12. The number of amides is 1. The highest BCUT2D eigenvalue weighted by molar-refractivity contribution is 7.99. The molecular formula is C19H35NO2S. The predicted molar refractivity (Wildman–Crippen MR) is 98.8 cm³/mol. The van der Waals surface area contributed by atoms with Crippen LogP contribution in [0.5, 0.6) is 0 Å². The van der Waals surface area contributed by atoms with Crippen molar-refractivity contribution in [2.45, 2.75) is 70.6 Å². The maximum absolute atomic E-state index is 11.8. The molecule has 0 radical (unpaired) electrons. The molecule has 2 aliphatic carbocycles. The van der Waals surface area contributed by atoms with E-state index in [4.69, 9.17) is 4.74 Å². The molecule has 2 aliphatic rings. The number of carbonyl (C=O) groups excluding carboxylic acids is 1. The van der Waals surface area contributed by atoms with Gasteiger partial charge in [0, 0.05) is 11.3 Å². The lowest BCUT2D eigenvalue weighted by Gasteiger charge is -2.47. The Labute approximate surface area is 146 Å².